The standard InChI is InChI=1S/C31H52N2O/c1-26(2)13-8-14-27(3)15-9-16-28(4)17-10-20-31(5,34)21-12-24-33-23-7-6-19-30(33)29-18-11-22-32-25-29/h11,18,22,25-28,30,34H,6-10,13-17,19-20,23-24H2,1-5H3/t27-,28-,30-,31-/m1/s1. The minimum atomic E-state index is -0.885. The Kier molecular flexibility index (Phi) is 13.2. The molecule has 2 heterocycles. The minimum Gasteiger partial charge on any atom is -0.378 e. The van der Waals surface area contributed by atoms with Crippen LogP contribution in [0.5, 0.6) is 0 Å². The van der Waals surface area contributed by atoms with Crippen LogP contribution >= 0.6 is 0 Å². The second-order valence-electron chi connectivity index (χ2n) is 11.7. The third-order valence-electron chi connectivity index (χ3n) is 7.56. The van der Waals surface area contributed by atoms with Crippen LogP contribution in [0.3, 0.4) is 0 Å². The van der Waals surface area contributed by atoms with Gasteiger partial charge >= 0.3 is 0 Å². The van der Waals surface area contributed by atoms with Gasteiger partial charge in [-0.3, -0.25) is 9.88 Å². The molecule has 1 aliphatic heterocycles. The van der Waals surface area contributed by atoms with Crippen LogP contribution in [0.2, 0.25) is 0 Å². The van der Waals surface area contributed by atoms with Gasteiger partial charge < -0.3 is 5.11 Å². The van der Waals surface area contributed by atoms with Crippen LogP contribution < -0.4 is 0 Å². The molecule has 2 rings (SSSR count). The fourth-order valence-corrected chi connectivity index (χ4v) is 5.30. The first-order valence-corrected chi connectivity index (χ1v) is 14.1. The van der Waals surface area contributed by atoms with Gasteiger partial charge in [0.1, 0.15) is 5.60 Å². The van der Waals surface area contributed by atoms with Crippen LogP contribution in [-0.4, -0.2) is 33.7 Å². The van der Waals surface area contributed by atoms with Gasteiger partial charge in [-0.15, -0.1) is 0 Å². The van der Waals surface area contributed by atoms with Crippen LogP contribution in [0.1, 0.15) is 123 Å². The van der Waals surface area contributed by atoms with Gasteiger partial charge in [0.2, 0.25) is 0 Å². The second-order valence-corrected chi connectivity index (χ2v) is 11.7. The van der Waals surface area contributed by atoms with Gasteiger partial charge in [0.15, 0.2) is 0 Å². The second kappa shape index (κ2) is 15.6. The zero-order chi connectivity index (χ0) is 24.8. The summed E-state index contributed by atoms with van der Waals surface area (Å²) in [4.78, 5) is 6.76. The number of aliphatic hydroxyl groups is 1. The van der Waals surface area contributed by atoms with Crippen LogP contribution in [0.4, 0.5) is 0 Å². The summed E-state index contributed by atoms with van der Waals surface area (Å²) >= 11 is 0. The number of rotatable bonds is 14. The Labute approximate surface area is 211 Å². The zero-order valence-electron chi connectivity index (χ0n) is 22.9. The van der Waals surface area contributed by atoms with E-state index in [0.717, 1.165) is 43.7 Å². The van der Waals surface area contributed by atoms with E-state index < -0.39 is 5.60 Å². The van der Waals surface area contributed by atoms with Crippen molar-refractivity contribution in [2.24, 2.45) is 17.8 Å². The number of hydrogen-bond acceptors (Lipinski definition) is 3. The number of aromatic nitrogens is 1. The summed E-state index contributed by atoms with van der Waals surface area (Å²) in [5.41, 5.74) is 0.402. The molecule has 1 aromatic heterocycles. The van der Waals surface area contributed by atoms with Crippen molar-refractivity contribution in [2.45, 2.75) is 123 Å². The van der Waals surface area contributed by atoms with E-state index >= 15 is 0 Å². The number of piperidine rings is 1. The minimum absolute atomic E-state index is 0.403. The summed E-state index contributed by atoms with van der Waals surface area (Å²) in [5.74, 6) is 8.93. The van der Waals surface area contributed by atoms with Crippen molar-refractivity contribution in [1.82, 2.24) is 9.88 Å². The summed E-state index contributed by atoms with van der Waals surface area (Å²) in [6.45, 7) is 13.1. The molecule has 0 radical (unpaired) electrons. The number of pyridine rings is 1. The normalized spacial score (nSPS) is 20.4. The molecule has 3 heteroatoms. The lowest BCUT2D eigenvalue weighted by molar-refractivity contribution is 0.107. The summed E-state index contributed by atoms with van der Waals surface area (Å²) in [6, 6.07) is 4.60. The summed E-state index contributed by atoms with van der Waals surface area (Å²) in [7, 11) is 0. The monoisotopic (exact) mass is 468 g/mol. The Bertz CT molecular complexity index is 718. The Morgan fingerprint density at radius 3 is 2.35 bits per heavy atom. The zero-order valence-corrected chi connectivity index (χ0v) is 22.9. The van der Waals surface area contributed by atoms with Crippen molar-refractivity contribution < 1.29 is 5.11 Å². The first kappa shape index (κ1) is 28.9. The lowest BCUT2D eigenvalue weighted by Gasteiger charge is -2.34. The molecule has 0 spiro atoms. The van der Waals surface area contributed by atoms with E-state index in [2.05, 4.69) is 55.5 Å². The van der Waals surface area contributed by atoms with E-state index in [0.29, 0.717) is 6.04 Å². The van der Waals surface area contributed by atoms with Crippen molar-refractivity contribution in [1.29, 1.82) is 0 Å². The highest BCUT2D eigenvalue weighted by Gasteiger charge is 2.23. The lowest BCUT2D eigenvalue weighted by Crippen LogP contribution is -2.34. The molecule has 1 fully saturated rings. The van der Waals surface area contributed by atoms with E-state index in [9.17, 15) is 5.11 Å². The van der Waals surface area contributed by atoms with Gasteiger partial charge in [0, 0.05) is 18.4 Å². The molecule has 192 valence electrons. The van der Waals surface area contributed by atoms with Crippen molar-refractivity contribution in [3.63, 3.8) is 0 Å². The molecule has 0 aliphatic carbocycles. The first-order valence-electron chi connectivity index (χ1n) is 14.1. The molecule has 0 saturated carbocycles. The first-order chi connectivity index (χ1) is 16.3. The largest absolute Gasteiger partial charge is 0.378 e. The molecule has 4 atom stereocenters. The maximum absolute atomic E-state index is 10.8. The summed E-state index contributed by atoms with van der Waals surface area (Å²) in [6.07, 6.45) is 18.6. The molecule has 0 aromatic carbocycles. The summed E-state index contributed by atoms with van der Waals surface area (Å²) in [5, 5.41) is 10.8. The van der Waals surface area contributed by atoms with Crippen LogP contribution in [0.25, 0.3) is 0 Å². The predicted octanol–water partition coefficient (Wildman–Crippen LogP) is 7.80. The van der Waals surface area contributed by atoms with Crippen molar-refractivity contribution in [3.05, 3.63) is 30.1 Å². The topological polar surface area (TPSA) is 36.4 Å². The van der Waals surface area contributed by atoms with E-state index in [-0.39, 0.29) is 0 Å². The Morgan fingerprint density at radius 1 is 1.03 bits per heavy atom. The lowest BCUT2D eigenvalue weighted by atomic mass is 9.90. The van der Waals surface area contributed by atoms with Gasteiger partial charge in [-0.2, -0.15) is 0 Å². The number of nitrogens with zero attached hydrogens (tertiary/aromatic N) is 2. The number of hydrogen-bond donors (Lipinski definition) is 1. The van der Waals surface area contributed by atoms with Crippen molar-refractivity contribution in [3.8, 4) is 11.8 Å². The average Bonchev–Trinajstić information content (AvgIpc) is 2.79. The van der Waals surface area contributed by atoms with Gasteiger partial charge in [-0.25, -0.2) is 0 Å². The molecule has 0 bridgehead atoms. The molecular formula is C31H52N2O. The van der Waals surface area contributed by atoms with Gasteiger partial charge in [-0.05, 0) is 68.5 Å². The SMILES string of the molecule is CC(C)CCC[C@@H](C)CCC[C@@H](C)CCC[C@@](C)(O)C#CCN1CCCC[C@@H]1c1cccnc1. The van der Waals surface area contributed by atoms with Crippen LogP contribution in [0.15, 0.2) is 24.5 Å². The molecule has 3 nitrogen and oxygen atoms in total. The fourth-order valence-electron chi connectivity index (χ4n) is 5.30. The van der Waals surface area contributed by atoms with Crippen molar-refractivity contribution in [2.75, 3.05) is 13.1 Å². The average molecular weight is 469 g/mol. The Balaban J connectivity index is 1.65. The molecule has 1 N–H and O–H groups in total. The van der Waals surface area contributed by atoms with Crippen LogP contribution in [0, 0.1) is 29.6 Å². The third-order valence-corrected chi connectivity index (χ3v) is 7.56. The molecular weight excluding hydrogens is 416 g/mol. The Hall–Kier alpha value is -1.37. The molecule has 1 aromatic rings. The van der Waals surface area contributed by atoms with E-state index in [4.69, 9.17) is 0 Å². The van der Waals surface area contributed by atoms with E-state index in [1.807, 2.05) is 25.4 Å². The molecule has 1 aliphatic rings. The fraction of sp³-hybridized carbons (Fsp3) is 0.774. The van der Waals surface area contributed by atoms with Crippen molar-refractivity contribution >= 4 is 0 Å². The molecule has 0 amide bonds. The smallest absolute Gasteiger partial charge is 0.122 e. The van der Waals surface area contributed by atoms with E-state index in [1.165, 1.54) is 69.8 Å². The Morgan fingerprint density at radius 2 is 1.71 bits per heavy atom. The quantitative estimate of drug-likeness (QED) is 0.283. The molecule has 34 heavy (non-hydrogen) atoms. The van der Waals surface area contributed by atoms with E-state index in [1.54, 1.807) is 0 Å². The van der Waals surface area contributed by atoms with Gasteiger partial charge in [0.05, 0.1) is 6.54 Å². The van der Waals surface area contributed by atoms with Crippen LogP contribution in [-0.2, 0) is 0 Å². The predicted molar refractivity (Wildman–Crippen MR) is 146 cm³/mol. The molecule has 0 unspecified atom stereocenters. The molecule has 1 saturated heterocycles. The van der Waals surface area contributed by atoms with Gasteiger partial charge in [0.25, 0.3) is 0 Å². The highest BCUT2D eigenvalue weighted by molar-refractivity contribution is 5.17. The summed E-state index contributed by atoms with van der Waals surface area (Å²) < 4.78 is 0. The highest BCUT2D eigenvalue weighted by atomic mass is 16.3. The maximum Gasteiger partial charge on any atom is 0.122 e. The van der Waals surface area contributed by atoms with Gasteiger partial charge in [-0.1, -0.05) is 97.0 Å². The third kappa shape index (κ3) is 11.9. The maximum atomic E-state index is 10.8. The highest BCUT2D eigenvalue weighted by Crippen LogP contribution is 2.30. The number of likely N-dealkylation sites (tertiary alicyclic amines) is 1.